The minimum absolute atomic E-state index is 0.0182. The Balaban J connectivity index is 1.92. The van der Waals surface area contributed by atoms with Crippen molar-refractivity contribution < 1.29 is 8.42 Å². The van der Waals surface area contributed by atoms with Crippen molar-refractivity contribution in [2.75, 3.05) is 20.1 Å². The minimum atomic E-state index is -3.25. The lowest BCUT2D eigenvalue weighted by atomic mass is 10.1. The van der Waals surface area contributed by atoms with Gasteiger partial charge in [-0.05, 0) is 50.9 Å². The number of aryl methyl sites for hydroxylation is 2. The van der Waals surface area contributed by atoms with E-state index in [-0.39, 0.29) is 5.75 Å². The molecular weight excluding hydrogens is 384 g/mol. The maximum Gasteiger partial charge on any atom is 0.215 e. The molecule has 0 aliphatic rings. The van der Waals surface area contributed by atoms with Crippen LogP contribution in [0.1, 0.15) is 34.7 Å². The van der Waals surface area contributed by atoms with Gasteiger partial charge in [-0.25, -0.2) is 18.1 Å². The average Bonchev–Trinajstić information content (AvgIpc) is 2.66. The Labute approximate surface area is 174 Å². The van der Waals surface area contributed by atoms with Gasteiger partial charge in [-0.2, -0.15) is 0 Å². The standard InChI is InChI=1S/C22H32N4O2S/c1-5-24-22(25-11-10-21-13-17(2)12-18(3)14-21)26-15-19-6-8-20(9-7-19)16-29(27,28)23-4/h6-9,12-14,23H,5,10-11,15-16H2,1-4H3,(H2,24,25,26). The Morgan fingerprint density at radius 3 is 2.14 bits per heavy atom. The van der Waals surface area contributed by atoms with Crippen LogP contribution in [0.4, 0.5) is 0 Å². The van der Waals surface area contributed by atoms with Gasteiger partial charge in [0.2, 0.25) is 10.0 Å². The Morgan fingerprint density at radius 2 is 1.55 bits per heavy atom. The van der Waals surface area contributed by atoms with Gasteiger partial charge in [0.15, 0.2) is 5.96 Å². The van der Waals surface area contributed by atoms with Crippen LogP contribution in [0, 0.1) is 13.8 Å². The summed E-state index contributed by atoms with van der Waals surface area (Å²) in [6.45, 7) is 8.39. The summed E-state index contributed by atoms with van der Waals surface area (Å²) in [6, 6.07) is 14.1. The van der Waals surface area contributed by atoms with Crippen LogP contribution in [0.3, 0.4) is 0 Å². The molecule has 0 radical (unpaired) electrons. The van der Waals surface area contributed by atoms with Crippen molar-refractivity contribution in [2.24, 2.45) is 4.99 Å². The zero-order valence-electron chi connectivity index (χ0n) is 17.7. The summed E-state index contributed by atoms with van der Waals surface area (Å²) < 4.78 is 25.6. The molecule has 2 aromatic carbocycles. The number of guanidine groups is 1. The SMILES string of the molecule is CCNC(=NCc1ccc(CS(=O)(=O)NC)cc1)NCCc1cc(C)cc(C)c1. The smallest absolute Gasteiger partial charge is 0.215 e. The van der Waals surface area contributed by atoms with Crippen LogP contribution in [-0.4, -0.2) is 34.5 Å². The summed E-state index contributed by atoms with van der Waals surface area (Å²) in [5.41, 5.74) is 5.67. The van der Waals surface area contributed by atoms with E-state index in [9.17, 15) is 8.42 Å². The van der Waals surface area contributed by atoms with Crippen molar-refractivity contribution in [1.82, 2.24) is 15.4 Å². The first kappa shape index (κ1) is 22.9. The minimum Gasteiger partial charge on any atom is -0.357 e. The summed E-state index contributed by atoms with van der Waals surface area (Å²) in [7, 11) is -1.83. The van der Waals surface area contributed by atoms with Gasteiger partial charge in [0, 0.05) is 13.1 Å². The third-order valence-corrected chi connectivity index (χ3v) is 5.78. The summed E-state index contributed by atoms with van der Waals surface area (Å²) in [5.74, 6) is 0.758. The molecule has 0 fully saturated rings. The third-order valence-electron chi connectivity index (χ3n) is 4.44. The van der Waals surface area contributed by atoms with Gasteiger partial charge in [-0.15, -0.1) is 0 Å². The molecule has 158 valence electrons. The van der Waals surface area contributed by atoms with E-state index in [1.54, 1.807) is 0 Å². The van der Waals surface area contributed by atoms with Gasteiger partial charge in [-0.3, -0.25) is 0 Å². The molecule has 0 heterocycles. The molecule has 2 rings (SSSR count). The third kappa shape index (κ3) is 8.25. The van der Waals surface area contributed by atoms with Crippen LogP contribution in [-0.2, 0) is 28.7 Å². The van der Waals surface area contributed by atoms with E-state index < -0.39 is 10.0 Å². The number of benzene rings is 2. The van der Waals surface area contributed by atoms with Gasteiger partial charge in [0.05, 0.1) is 12.3 Å². The highest BCUT2D eigenvalue weighted by atomic mass is 32.2. The lowest BCUT2D eigenvalue weighted by molar-refractivity contribution is 0.587. The van der Waals surface area contributed by atoms with E-state index >= 15 is 0 Å². The van der Waals surface area contributed by atoms with Crippen LogP contribution >= 0.6 is 0 Å². The van der Waals surface area contributed by atoms with E-state index in [0.29, 0.717) is 6.54 Å². The van der Waals surface area contributed by atoms with E-state index in [4.69, 9.17) is 0 Å². The molecule has 6 nitrogen and oxygen atoms in total. The van der Waals surface area contributed by atoms with E-state index in [1.807, 2.05) is 31.2 Å². The Bertz CT molecular complexity index is 902. The second-order valence-electron chi connectivity index (χ2n) is 7.15. The van der Waals surface area contributed by atoms with Crippen LogP contribution < -0.4 is 15.4 Å². The lowest BCUT2D eigenvalue weighted by Gasteiger charge is -2.12. The second kappa shape index (κ2) is 11.0. The molecule has 7 heteroatoms. The molecule has 3 N–H and O–H groups in total. The van der Waals surface area contributed by atoms with Crippen LogP contribution in [0.15, 0.2) is 47.5 Å². The molecule has 29 heavy (non-hydrogen) atoms. The number of nitrogens with zero attached hydrogens (tertiary/aromatic N) is 1. The Morgan fingerprint density at radius 1 is 0.931 bits per heavy atom. The molecule has 0 aliphatic carbocycles. The fourth-order valence-electron chi connectivity index (χ4n) is 3.08. The molecular formula is C22H32N4O2S. The number of nitrogens with one attached hydrogen (secondary N) is 3. The number of hydrogen-bond acceptors (Lipinski definition) is 3. The van der Waals surface area contributed by atoms with Crippen molar-refractivity contribution in [3.05, 3.63) is 70.3 Å². The normalized spacial score (nSPS) is 12.1. The van der Waals surface area contributed by atoms with Gasteiger partial charge >= 0.3 is 0 Å². The van der Waals surface area contributed by atoms with E-state index in [0.717, 1.165) is 36.6 Å². The van der Waals surface area contributed by atoms with Crippen molar-refractivity contribution in [3.8, 4) is 0 Å². The van der Waals surface area contributed by atoms with Gasteiger partial charge in [0.1, 0.15) is 0 Å². The number of sulfonamides is 1. The zero-order valence-corrected chi connectivity index (χ0v) is 18.6. The maximum absolute atomic E-state index is 11.6. The highest BCUT2D eigenvalue weighted by Crippen LogP contribution is 2.10. The molecule has 0 aliphatic heterocycles. The molecule has 0 saturated heterocycles. The van der Waals surface area contributed by atoms with Gasteiger partial charge < -0.3 is 10.6 Å². The number of hydrogen-bond donors (Lipinski definition) is 3. The maximum atomic E-state index is 11.6. The molecule has 2 aromatic rings. The first-order chi connectivity index (χ1) is 13.8. The van der Waals surface area contributed by atoms with Crippen molar-refractivity contribution in [3.63, 3.8) is 0 Å². The van der Waals surface area contributed by atoms with Gasteiger partial charge in [0.25, 0.3) is 0 Å². The fourth-order valence-corrected chi connectivity index (χ4v) is 3.86. The van der Waals surface area contributed by atoms with Crippen molar-refractivity contribution >= 4 is 16.0 Å². The quantitative estimate of drug-likeness (QED) is 0.434. The summed E-state index contributed by atoms with van der Waals surface area (Å²) in [6.07, 6.45) is 0.932. The largest absolute Gasteiger partial charge is 0.357 e. The second-order valence-corrected chi connectivity index (χ2v) is 9.07. The summed E-state index contributed by atoms with van der Waals surface area (Å²) in [5, 5.41) is 6.64. The molecule has 0 amide bonds. The average molecular weight is 417 g/mol. The Hall–Kier alpha value is -2.38. The number of rotatable bonds is 9. The number of aliphatic imine (C=N–C) groups is 1. The van der Waals surface area contributed by atoms with Crippen molar-refractivity contribution in [1.29, 1.82) is 0 Å². The molecule has 0 unspecified atom stereocenters. The summed E-state index contributed by atoms with van der Waals surface area (Å²) in [4.78, 5) is 4.63. The topological polar surface area (TPSA) is 82.6 Å². The van der Waals surface area contributed by atoms with Crippen molar-refractivity contribution in [2.45, 2.75) is 39.5 Å². The zero-order chi connectivity index (χ0) is 21.3. The monoisotopic (exact) mass is 416 g/mol. The predicted molar refractivity (Wildman–Crippen MR) is 121 cm³/mol. The highest BCUT2D eigenvalue weighted by Gasteiger charge is 2.08. The van der Waals surface area contributed by atoms with E-state index in [2.05, 4.69) is 52.4 Å². The van der Waals surface area contributed by atoms with Crippen LogP contribution in [0.2, 0.25) is 0 Å². The lowest BCUT2D eigenvalue weighted by Crippen LogP contribution is -2.38. The molecule has 0 saturated carbocycles. The summed E-state index contributed by atoms with van der Waals surface area (Å²) >= 11 is 0. The fraction of sp³-hybridized carbons (Fsp3) is 0.409. The Kier molecular flexibility index (Phi) is 8.67. The van der Waals surface area contributed by atoms with Gasteiger partial charge in [-0.1, -0.05) is 53.6 Å². The predicted octanol–water partition coefficient (Wildman–Crippen LogP) is 2.65. The van der Waals surface area contributed by atoms with E-state index in [1.165, 1.54) is 23.7 Å². The molecule has 0 bridgehead atoms. The highest BCUT2D eigenvalue weighted by molar-refractivity contribution is 7.88. The van der Waals surface area contributed by atoms with Crippen LogP contribution in [0.25, 0.3) is 0 Å². The molecule has 0 spiro atoms. The van der Waals surface area contributed by atoms with Crippen LogP contribution in [0.5, 0.6) is 0 Å². The molecule has 0 atom stereocenters. The first-order valence-electron chi connectivity index (χ1n) is 9.89. The first-order valence-corrected chi connectivity index (χ1v) is 11.5. The molecule has 0 aromatic heterocycles.